The molecule has 4 saturated carbocycles. The molecule has 5 heteroatoms. The number of carbonyl (C=O) groups is 2. The molecule has 2 amide bonds. The van der Waals surface area contributed by atoms with Gasteiger partial charge in [-0.05, 0) is 62.7 Å². The molecule has 24 heavy (non-hydrogen) atoms. The van der Waals surface area contributed by atoms with Gasteiger partial charge in [-0.3, -0.25) is 9.59 Å². The Morgan fingerprint density at radius 2 is 1.83 bits per heavy atom. The van der Waals surface area contributed by atoms with Crippen molar-refractivity contribution in [2.45, 2.75) is 63.3 Å². The van der Waals surface area contributed by atoms with Gasteiger partial charge in [-0.1, -0.05) is 0 Å². The van der Waals surface area contributed by atoms with Crippen LogP contribution in [0, 0.1) is 17.8 Å². The Hall–Kier alpha value is -1.10. The highest BCUT2D eigenvalue weighted by atomic mass is 16.2. The van der Waals surface area contributed by atoms with Gasteiger partial charge in [0.15, 0.2) is 6.54 Å². The Bertz CT molecular complexity index is 470. The van der Waals surface area contributed by atoms with Crippen LogP contribution in [-0.4, -0.2) is 48.4 Å². The average molecular weight is 334 g/mol. The van der Waals surface area contributed by atoms with Crippen molar-refractivity contribution >= 4 is 11.8 Å². The maximum atomic E-state index is 12.4. The molecule has 5 fully saturated rings. The molecule has 0 aromatic carbocycles. The van der Waals surface area contributed by atoms with Gasteiger partial charge >= 0.3 is 0 Å². The van der Waals surface area contributed by atoms with E-state index in [1.165, 1.54) is 38.5 Å². The molecule has 0 spiro atoms. The van der Waals surface area contributed by atoms with Crippen LogP contribution in [0.3, 0.4) is 0 Å². The fourth-order valence-electron chi connectivity index (χ4n) is 6.21. The third-order valence-corrected chi connectivity index (χ3v) is 6.78. The van der Waals surface area contributed by atoms with Crippen molar-refractivity contribution in [2.24, 2.45) is 17.8 Å². The number of nitrogens with one attached hydrogen (secondary N) is 1. The monoisotopic (exact) mass is 334 g/mol. The number of rotatable bonds is 7. The van der Waals surface area contributed by atoms with Crippen molar-refractivity contribution in [3.05, 3.63) is 0 Å². The molecule has 0 aromatic rings. The fourth-order valence-corrected chi connectivity index (χ4v) is 6.21. The predicted octanol–water partition coefficient (Wildman–Crippen LogP) is 0.647. The topological polar surface area (TPSA) is 66.0 Å². The van der Waals surface area contributed by atoms with Gasteiger partial charge in [0, 0.05) is 31.5 Å². The maximum Gasteiger partial charge on any atom is 0.275 e. The van der Waals surface area contributed by atoms with E-state index in [0.717, 1.165) is 56.7 Å². The fraction of sp³-hybridized carbons (Fsp3) is 0.895. The third-order valence-electron chi connectivity index (χ3n) is 6.78. The minimum atomic E-state index is 0.141. The molecule has 5 rings (SSSR count). The molecule has 1 aliphatic heterocycles. The summed E-state index contributed by atoms with van der Waals surface area (Å²) >= 11 is 0. The molecule has 1 saturated heterocycles. The number of quaternary nitrogens is 1. The zero-order valence-electron chi connectivity index (χ0n) is 14.8. The Labute approximate surface area is 144 Å². The number of likely N-dealkylation sites (tertiary alicyclic amines) is 1. The first kappa shape index (κ1) is 16.4. The highest BCUT2D eigenvalue weighted by Gasteiger charge is 2.51. The van der Waals surface area contributed by atoms with Crippen LogP contribution in [-0.2, 0) is 9.59 Å². The van der Waals surface area contributed by atoms with Crippen molar-refractivity contribution in [1.29, 1.82) is 0 Å². The zero-order valence-corrected chi connectivity index (χ0v) is 14.8. The zero-order chi connectivity index (χ0) is 16.6. The van der Waals surface area contributed by atoms with E-state index >= 15 is 0 Å². The molecule has 1 heterocycles. The summed E-state index contributed by atoms with van der Waals surface area (Å²) in [6.45, 7) is 3.24. The lowest BCUT2D eigenvalue weighted by Crippen LogP contribution is -2.87. The third kappa shape index (κ3) is 3.46. The summed E-state index contributed by atoms with van der Waals surface area (Å²) in [5.74, 6) is 3.14. The lowest BCUT2D eigenvalue weighted by atomic mass is 9.53. The van der Waals surface area contributed by atoms with Crippen LogP contribution in [0.5, 0.6) is 0 Å². The van der Waals surface area contributed by atoms with Crippen LogP contribution >= 0.6 is 0 Å². The molecular weight excluding hydrogens is 302 g/mol. The van der Waals surface area contributed by atoms with Crippen LogP contribution < -0.4 is 10.6 Å². The van der Waals surface area contributed by atoms with Gasteiger partial charge in [0.1, 0.15) is 0 Å². The predicted molar refractivity (Wildman–Crippen MR) is 91.1 cm³/mol. The van der Waals surface area contributed by atoms with Crippen LogP contribution in [0.2, 0.25) is 0 Å². The first-order valence-electron chi connectivity index (χ1n) is 10.0. The van der Waals surface area contributed by atoms with Crippen LogP contribution in [0.15, 0.2) is 0 Å². The van der Waals surface area contributed by atoms with Gasteiger partial charge in [-0.15, -0.1) is 0 Å². The first-order valence-corrected chi connectivity index (χ1v) is 10.0. The van der Waals surface area contributed by atoms with Gasteiger partial charge in [0.05, 0.1) is 6.54 Å². The molecule has 3 N–H and O–H groups in total. The van der Waals surface area contributed by atoms with E-state index in [9.17, 15) is 9.59 Å². The van der Waals surface area contributed by atoms with E-state index < -0.39 is 0 Å². The van der Waals surface area contributed by atoms with E-state index in [-0.39, 0.29) is 11.4 Å². The molecule has 4 aliphatic carbocycles. The second kappa shape index (κ2) is 6.66. The second-order valence-electron chi connectivity index (χ2n) is 8.87. The van der Waals surface area contributed by atoms with E-state index in [0.29, 0.717) is 12.5 Å². The van der Waals surface area contributed by atoms with Crippen molar-refractivity contribution in [1.82, 2.24) is 10.2 Å². The van der Waals surface area contributed by atoms with Crippen molar-refractivity contribution < 1.29 is 14.9 Å². The summed E-state index contributed by atoms with van der Waals surface area (Å²) in [6, 6.07) is 0. The van der Waals surface area contributed by atoms with Gasteiger partial charge in [-0.2, -0.15) is 0 Å². The lowest BCUT2D eigenvalue weighted by Gasteiger charge is -2.56. The maximum absolute atomic E-state index is 12.4. The largest absolute Gasteiger partial charge is 0.346 e. The summed E-state index contributed by atoms with van der Waals surface area (Å²) in [7, 11) is 0. The highest BCUT2D eigenvalue weighted by Crippen LogP contribution is 2.55. The summed E-state index contributed by atoms with van der Waals surface area (Å²) < 4.78 is 0. The number of nitrogens with two attached hydrogens (primary N) is 1. The molecule has 5 nitrogen and oxygen atoms in total. The van der Waals surface area contributed by atoms with E-state index in [1.54, 1.807) is 0 Å². The average Bonchev–Trinajstić information content (AvgIpc) is 2.90. The summed E-state index contributed by atoms with van der Waals surface area (Å²) in [4.78, 5) is 25.9. The summed E-state index contributed by atoms with van der Waals surface area (Å²) in [6.07, 6.45) is 10.6. The van der Waals surface area contributed by atoms with Crippen molar-refractivity contribution in [3.63, 3.8) is 0 Å². The molecule has 4 bridgehead atoms. The standard InChI is InChI=1S/C19H31N3O2/c23-17(13-20-4-2-6-22-5-1-3-18(22)24)21-19-10-14-7-15(11-19)9-16(8-14)12-19/h14-16,20H,1-13H2,(H,21,23)/p+1. The van der Waals surface area contributed by atoms with Crippen molar-refractivity contribution in [2.75, 3.05) is 26.2 Å². The first-order chi connectivity index (χ1) is 11.6. The summed E-state index contributed by atoms with van der Waals surface area (Å²) in [5.41, 5.74) is 0.141. The molecule has 0 unspecified atom stereocenters. The van der Waals surface area contributed by atoms with E-state index in [2.05, 4.69) is 10.6 Å². The molecule has 0 atom stereocenters. The minimum absolute atomic E-state index is 0.141. The minimum Gasteiger partial charge on any atom is -0.346 e. The molecule has 0 aromatic heterocycles. The SMILES string of the molecule is O=C(C[NH2+]CCCN1CCCC1=O)NC12CC3CC(CC(C3)C1)C2. The Balaban J connectivity index is 1.16. The number of carbonyl (C=O) groups excluding carboxylic acids is 2. The molecule has 5 aliphatic rings. The van der Waals surface area contributed by atoms with Crippen LogP contribution in [0.4, 0.5) is 0 Å². The number of hydrogen-bond donors (Lipinski definition) is 2. The second-order valence-corrected chi connectivity index (χ2v) is 8.87. The van der Waals surface area contributed by atoms with Gasteiger partial charge in [0.25, 0.3) is 5.91 Å². The quantitative estimate of drug-likeness (QED) is 0.671. The highest BCUT2D eigenvalue weighted by molar-refractivity contribution is 5.78. The lowest BCUT2D eigenvalue weighted by molar-refractivity contribution is -0.644. The van der Waals surface area contributed by atoms with E-state index in [1.807, 2.05) is 4.90 Å². The van der Waals surface area contributed by atoms with Gasteiger partial charge < -0.3 is 15.5 Å². The number of amides is 2. The molecular formula is C19H32N3O2+. The van der Waals surface area contributed by atoms with Crippen molar-refractivity contribution in [3.8, 4) is 0 Å². The van der Waals surface area contributed by atoms with Crippen LogP contribution in [0.25, 0.3) is 0 Å². The smallest absolute Gasteiger partial charge is 0.275 e. The molecule has 134 valence electrons. The normalized spacial score (nSPS) is 37.2. The van der Waals surface area contributed by atoms with Crippen LogP contribution in [0.1, 0.15) is 57.8 Å². The Kier molecular flexibility index (Phi) is 4.54. The number of nitrogens with zero attached hydrogens (tertiary/aromatic N) is 1. The van der Waals surface area contributed by atoms with E-state index in [4.69, 9.17) is 0 Å². The number of hydrogen-bond acceptors (Lipinski definition) is 2. The Morgan fingerprint density at radius 3 is 2.42 bits per heavy atom. The molecule has 0 radical (unpaired) electrons. The Morgan fingerprint density at radius 1 is 1.17 bits per heavy atom. The summed E-state index contributed by atoms with van der Waals surface area (Å²) in [5, 5.41) is 5.54. The van der Waals surface area contributed by atoms with Gasteiger partial charge in [-0.25, -0.2) is 0 Å². The van der Waals surface area contributed by atoms with Gasteiger partial charge in [0.2, 0.25) is 5.91 Å².